The number of nitrogens with zero attached hydrogens (tertiary/aromatic N) is 1. The highest BCUT2D eigenvalue weighted by atomic mass is 16.5. The highest BCUT2D eigenvalue weighted by Gasteiger charge is 2.19. The quantitative estimate of drug-likeness (QED) is 0.309. The average Bonchev–Trinajstić information content (AvgIpc) is 3.45. The highest BCUT2D eigenvalue weighted by Crippen LogP contribution is 2.32. The molecule has 2 N–H and O–H groups in total. The molecule has 0 spiro atoms. The molecule has 0 aromatic heterocycles. The molecule has 0 saturated heterocycles. The van der Waals surface area contributed by atoms with Gasteiger partial charge in [-0.25, -0.2) is 5.01 Å². The molecule has 1 aliphatic carbocycles. The Kier molecular flexibility index (Phi) is 9.46. The summed E-state index contributed by atoms with van der Waals surface area (Å²) >= 11 is 0. The van der Waals surface area contributed by atoms with Crippen molar-refractivity contribution in [1.29, 1.82) is 0 Å². The molecule has 8 heteroatoms. The first-order chi connectivity index (χ1) is 18.5. The lowest BCUT2D eigenvalue weighted by Crippen LogP contribution is -2.33. The number of carbonyl (C=O) groups is 1. The van der Waals surface area contributed by atoms with Gasteiger partial charge in [-0.05, 0) is 73.2 Å². The molecule has 202 valence electrons. The maximum absolute atomic E-state index is 12.8. The van der Waals surface area contributed by atoms with Crippen molar-refractivity contribution in [2.24, 2.45) is 0 Å². The van der Waals surface area contributed by atoms with Crippen LogP contribution in [-0.4, -0.2) is 45.4 Å². The van der Waals surface area contributed by atoms with Crippen LogP contribution in [0.15, 0.2) is 60.7 Å². The van der Waals surface area contributed by atoms with Crippen LogP contribution in [0.2, 0.25) is 0 Å². The number of amides is 1. The molecule has 0 atom stereocenters. The number of benzene rings is 3. The van der Waals surface area contributed by atoms with Crippen LogP contribution in [-0.2, 0) is 13.1 Å². The minimum Gasteiger partial charge on any atom is -0.497 e. The summed E-state index contributed by atoms with van der Waals surface area (Å²) in [6, 6.07) is 19.0. The first kappa shape index (κ1) is 27.3. The Morgan fingerprint density at radius 1 is 0.842 bits per heavy atom. The van der Waals surface area contributed by atoms with Gasteiger partial charge in [-0.2, -0.15) is 0 Å². The van der Waals surface area contributed by atoms with Gasteiger partial charge in [0, 0.05) is 31.9 Å². The number of methoxy groups -OCH3 is 3. The number of carbonyl (C=O) groups excluding carboxylic acids is 1. The Morgan fingerprint density at radius 2 is 1.55 bits per heavy atom. The maximum Gasteiger partial charge on any atom is 0.259 e. The highest BCUT2D eigenvalue weighted by molar-refractivity contribution is 6.06. The SMILES string of the molecule is COc1ccc(C(=O)Nc2ccc(CN(C)NCc3ccc(OC)c(OC4CCCC4)c3)cc2)c(OC)c1. The van der Waals surface area contributed by atoms with Gasteiger partial charge in [-0.1, -0.05) is 18.2 Å². The van der Waals surface area contributed by atoms with E-state index in [1.54, 1.807) is 32.4 Å². The zero-order chi connectivity index (χ0) is 26.9. The van der Waals surface area contributed by atoms with Crippen LogP contribution < -0.4 is 29.7 Å². The van der Waals surface area contributed by atoms with E-state index in [0.717, 1.165) is 35.5 Å². The number of anilines is 1. The van der Waals surface area contributed by atoms with Gasteiger partial charge in [0.2, 0.25) is 0 Å². The lowest BCUT2D eigenvalue weighted by molar-refractivity contribution is 0.102. The molecular weight excluding hydrogens is 482 g/mol. The molecule has 3 aromatic carbocycles. The van der Waals surface area contributed by atoms with Crippen LogP contribution in [0.4, 0.5) is 5.69 Å². The van der Waals surface area contributed by atoms with Gasteiger partial charge in [0.1, 0.15) is 11.5 Å². The second kappa shape index (κ2) is 13.2. The standard InChI is InChI=1S/C30H37N3O5/c1-33(31-19-22-11-16-27(36-3)29(17-22)38-24-7-5-6-8-24)20-21-9-12-23(13-10-21)32-30(34)26-15-14-25(35-2)18-28(26)37-4/h9-18,24,31H,5-8,19-20H2,1-4H3,(H,32,34). The fourth-order valence-electron chi connectivity index (χ4n) is 4.54. The summed E-state index contributed by atoms with van der Waals surface area (Å²) in [5.41, 5.74) is 6.82. The smallest absolute Gasteiger partial charge is 0.259 e. The van der Waals surface area contributed by atoms with Crippen molar-refractivity contribution in [3.8, 4) is 23.0 Å². The molecule has 1 aliphatic rings. The van der Waals surface area contributed by atoms with E-state index in [1.165, 1.54) is 20.0 Å². The topological polar surface area (TPSA) is 81.3 Å². The fourth-order valence-corrected chi connectivity index (χ4v) is 4.54. The number of hydrogen-bond donors (Lipinski definition) is 2. The number of hydrazine groups is 1. The number of rotatable bonds is 12. The third kappa shape index (κ3) is 7.18. The maximum atomic E-state index is 12.8. The van der Waals surface area contributed by atoms with Crippen molar-refractivity contribution in [2.45, 2.75) is 44.9 Å². The normalized spacial score (nSPS) is 13.4. The fraction of sp³-hybridized carbons (Fsp3) is 0.367. The molecule has 0 unspecified atom stereocenters. The van der Waals surface area contributed by atoms with E-state index >= 15 is 0 Å². The van der Waals surface area contributed by atoms with Crippen LogP contribution in [0, 0.1) is 0 Å². The zero-order valence-electron chi connectivity index (χ0n) is 22.6. The molecule has 0 heterocycles. The largest absolute Gasteiger partial charge is 0.497 e. The second-order valence-corrected chi connectivity index (χ2v) is 9.42. The second-order valence-electron chi connectivity index (χ2n) is 9.42. The first-order valence-electron chi connectivity index (χ1n) is 12.9. The van der Waals surface area contributed by atoms with Crippen molar-refractivity contribution in [2.75, 3.05) is 33.7 Å². The van der Waals surface area contributed by atoms with Gasteiger partial charge in [-0.3, -0.25) is 10.2 Å². The molecule has 1 fully saturated rings. The molecule has 4 rings (SSSR count). The van der Waals surface area contributed by atoms with E-state index in [4.69, 9.17) is 18.9 Å². The minimum atomic E-state index is -0.244. The monoisotopic (exact) mass is 519 g/mol. The Labute approximate surface area is 224 Å². The zero-order valence-corrected chi connectivity index (χ0v) is 22.6. The minimum absolute atomic E-state index is 0.244. The van der Waals surface area contributed by atoms with Gasteiger partial charge < -0.3 is 24.3 Å². The van der Waals surface area contributed by atoms with E-state index in [2.05, 4.69) is 22.9 Å². The Balaban J connectivity index is 1.30. The molecule has 1 amide bonds. The van der Waals surface area contributed by atoms with Crippen LogP contribution in [0.25, 0.3) is 0 Å². The molecule has 1 saturated carbocycles. The molecule has 38 heavy (non-hydrogen) atoms. The number of hydrogen-bond acceptors (Lipinski definition) is 7. The molecule has 0 bridgehead atoms. The van der Waals surface area contributed by atoms with E-state index in [0.29, 0.717) is 35.8 Å². The van der Waals surface area contributed by atoms with E-state index in [9.17, 15) is 4.79 Å². The van der Waals surface area contributed by atoms with E-state index in [1.807, 2.05) is 42.4 Å². The Bertz CT molecular complexity index is 1210. The Hall–Kier alpha value is -3.75. The summed E-state index contributed by atoms with van der Waals surface area (Å²) in [7, 11) is 6.79. The summed E-state index contributed by atoms with van der Waals surface area (Å²) in [5, 5.41) is 4.97. The molecular formula is C30H37N3O5. The van der Waals surface area contributed by atoms with Crippen molar-refractivity contribution in [3.05, 3.63) is 77.4 Å². The lowest BCUT2D eigenvalue weighted by atomic mass is 10.1. The van der Waals surface area contributed by atoms with Crippen molar-refractivity contribution in [1.82, 2.24) is 10.4 Å². The third-order valence-corrected chi connectivity index (χ3v) is 6.66. The predicted octanol–water partition coefficient (Wildman–Crippen LogP) is 5.42. The molecule has 8 nitrogen and oxygen atoms in total. The van der Waals surface area contributed by atoms with Crippen LogP contribution >= 0.6 is 0 Å². The molecule has 0 aliphatic heterocycles. The molecule has 3 aromatic rings. The van der Waals surface area contributed by atoms with E-state index in [-0.39, 0.29) is 12.0 Å². The van der Waals surface area contributed by atoms with Gasteiger partial charge in [0.25, 0.3) is 5.91 Å². The van der Waals surface area contributed by atoms with Crippen molar-refractivity contribution in [3.63, 3.8) is 0 Å². The van der Waals surface area contributed by atoms with Crippen LogP contribution in [0.1, 0.15) is 47.2 Å². The summed E-state index contributed by atoms with van der Waals surface area (Å²) in [4.78, 5) is 12.8. The van der Waals surface area contributed by atoms with E-state index < -0.39 is 0 Å². The molecule has 0 radical (unpaired) electrons. The number of ether oxygens (including phenoxy) is 4. The first-order valence-corrected chi connectivity index (χ1v) is 12.9. The van der Waals surface area contributed by atoms with Crippen molar-refractivity contribution >= 4 is 11.6 Å². The van der Waals surface area contributed by atoms with Gasteiger partial charge in [-0.15, -0.1) is 0 Å². The third-order valence-electron chi connectivity index (χ3n) is 6.66. The predicted molar refractivity (Wildman–Crippen MR) is 148 cm³/mol. The summed E-state index contributed by atoms with van der Waals surface area (Å²) < 4.78 is 22.3. The van der Waals surface area contributed by atoms with Crippen molar-refractivity contribution < 1.29 is 23.7 Å². The summed E-state index contributed by atoms with van der Waals surface area (Å²) in [6.45, 7) is 1.36. The van der Waals surface area contributed by atoms with Gasteiger partial charge in [0.05, 0.1) is 33.0 Å². The van der Waals surface area contributed by atoms with Gasteiger partial charge >= 0.3 is 0 Å². The van der Waals surface area contributed by atoms with Crippen LogP contribution in [0.5, 0.6) is 23.0 Å². The lowest BCUT2D eigenvalue weighted by Gasteiger charge is -2.20. The number of nitrogens with one attached hydrogen (secondary N) is 2. The summed E-state index contributed by atoms with van der Waals surface area (Å²) in [6.07, 6.45) is 4.94. The average molecular weight is 520 g/mol. The summed E-state index contributed by atoms with van der Waals surface area (Å²) in [5.74, 6) is 2.43. The van der Waals surface area contributed by atoms with Gasteiger partial charge in [0.15, 0.2) is 11.5 Å². The van der Waals surface area contributed by atoms with Crippen LogP contribution in [0.3, 0.4) is 0 Å². The Morgan fingerprint density at radius 3 is 2.24 bits per heavy atom.